The van der Waals surface area contributed by atoms with Gasteiger partial charge in [-0.15, -0.1) is 0 Å². The van der Waals surface area contributed by atoms with Crippen molar-refractivity contribution in [3.05, 3.63) is 42.3 Å². The van der Waals surface area contributed by atoms with Gasteiger partial charge in [-0.1, -0.05) is 0 Å². The summed E-state index contributed by atoms with van der Waals surface area (Å²) >= 11 is 0. The highest BCUT2D eigenvalue weighted by atomic mass is 19.1. The molecule has 31 heavy (non-hydrogen) atoms. The number of carbonyl (C=O) groups excluding carboxylic acids is 1. The number of halogens is 1. The maximum Gasteiger partial charge on any atom is 0.419 e. The number of ether oxygens (including phenoxy) is 1. The van der Waals surface area contributed by atoms with Crippen LogP contribution in [0.4, 0.5) is 15.0 Å². The molecular weight excluding hydrogens is 401 g/mol. The molecule has 1 atom stereocenters. The van der Waals surface area contributed by atoms with E-state index in [0.29, 0.717) is 29.8 Å². The number of aromatic nitrogens is 2. The van der Waals surface area contributed by atoms with E-state index in [1.165, 1.54) is 16.7 Å². The highest BCUT2D eigenvalue weighted by molar-refractivity contribution is 5.96. The average Bonchev–Trinajstić information content (AvgIpc) is 3.04. The number of aliphatic hydroxyl groups is 1. The number of phenols is 1. The Morgan fingerprint density at radius 2 is 2.00 bits per heavy atom. The molecule has 1 aromatic carbocycles. The predicted molar refractivity (Wildman–Crippen MR) is 116 cm³/mol. The molecule has 1 aliphatic heterocycles. The molecule has 7 nitrogen and oxygen atoms in total. The van der Waals surface area contributed by atoms with Crippen LogP contribution in [-0.2, 0) is 4.74 Å². The van der Waals surface area contributed by atoms with Crippen LogP contribution in [-0.4, -0.2) is 50.7 Å². The lowest BCUT2D eigenvalue weighted by atomic mass is 10.1. The van der Waals surface area contributed by atoms with Crippen molar-refractivity contribution in [2.24, 2.45) is 0 Å². The normalized spacial score (nSPS) is 17.2. The number of β-amino-alcohol motifs (C(OH)–C–C–N with tert-alkyl or cyclic N) is 1. The standard InChI is InChI=1S/C23H26FN3O4/c1-23(2,3)31-22(30)27-18-8-6-15(28)11-14(18)12-19(27)17-7-9-20(25-21(17)24)26-10-4-5-16(29)13-26/h6-9,11-12,16,28-29H,4-5,10,13H2,1-3H3/t16-/m1/s1. The number of anilines is 1. The van der Waals surface area contributed by atoms with Gasteiger partial charge >= 0.3 is 6.09 Å². The molecule has 3 aromatic rings. The number of phenolic OH excluding ortho intramolecular Hbond substituents is 1. The molecule has 0 bridgehead atoms. The lowest BCUT2D eigenvalue weighted by Gasteiger charge is -2.31. The van der Waals surface area contributed by atoms with Gasteiger partial charge in [0.25, 0.3) is 0 Å². The van der Waals surface area contributed by atoms with Crippen molar-refractivity contribution in [1.82, 2.24) is 9.55 Å². The Hall–Kier alpha value is -3.13. The van der Waals surface area contributed by atoms with Crippen LogP contribution in [0.25, 0.3) is 22.2 Å². The van der Waals surface area contributed by atoms with Crippen LogP contribution in [0.2, 0.25) is 0 Å². The number of aliphatic hydroxyl groups excluding tert-OH is 1. The molecule has 164 valence electrons. The summed E-state index contributed by atoms with van der Waals surface area (Å²) < 4.78 is 22.0. The van der Waals surface area contributed by atoms with Gasteiger partial charge in [0.2, 0.25) is 5.95 Å². The van der Waals surface area contributed by atoms with Crippen molar-refractivity contribution in [3.8, 4) is 17.0 Å². The van der Waals surface area contributed by atoms with E-state index in [4.69, 9.17) is 4.74 Å². The first-order chi connectivity index (χ1) is 14.6. The number of rotatable bonds is 2. The van der Waals surface area contributed by atoms with Crippen LogP contribution >= 0.6 is 0 Å². The smallest absolute Gasteiger partial charge is 0.419 e. The number of carbonyl (C=O) groups is 1. The first-order valence-electron chi connectivity index (χ1n) is 10.3. The van der Waals surface area contributed by atoms with E-state index < -0.39 is 23.7 Å². The summed E-state index contributed by atoms with van der Waals surface area (Å²) in [5.41, 5.74) is 0.176. The van der Waals surface area contributed by atoms with E-state index in [0.717, 1.165) is 12.8 Å². The molecule has 0 radical (unpaired) electrons. The third-order valence-electron chi connectivity index (χ3n) is 5.19. The first-order valence-corrected chi connectivity index (χ1v) is 10.3. The number of nitrogens with zero attached hydrogens (tertiary/aromatic N) is 3. The summed E-state index contributed by atoms with van der Waals surface area (Å²) in [6.45, 7) is 6.37. The lowest BCUT2D eigenvalue weighted by Crippen LogP contribution is -2.38. The summed E-state index contributed by atoms with van der Waals surface area (Å²) in [6, 6.07) is 9.45. The molecule has 1 aliphatic rings. The molecule has 1 fully saturated rings. The zero-order chi connectivity index (χ0) is 22.3. The quantitative estimate of drug-likeness (QED) is 0.593. The number of hydrogen-bond donors (Lipinski definition) is 2. The van der Waals surface area contributed by atoms with Crippen molar-refractivity contribution >= 4 is 22.8 Å². The largest absolute Gasteiger partial charge is 0.508 e. The average molecular weight is 427 g/mol. The van der Waals surface area contributed by atoms with Crippen molar-refractivity contribution in [2.45, 2.75) is 45.3 Å². The van der Waals surface area contributed by atoms with E-state index in [-0.39, 0.29) is 17.0 Å². The third-order valence-corrected chi connectivity index (χ3v) is 5.19. The molecule has 0 unspecified atom stereocenters. The van der Waals surface area contributed by atoms with Crippen molar-refractivity contribution in [1.29, 1.82) is 0 Å². The maximum atomic E-state index is 15.2. The molecule has 0 spiro atoms. The second kappa shape index (κ2) is 7.85. The minimum Gasteiger partial charge on any atom is -0.508 e. The molecule has 4 rings (SSSR count). The summed E-state index contributed by atoms with van der Waals surface area (Å²) in [4.78, 5) is 18.9. The van der Waals surface area contributed by atoms with Gasteiger partial charge in [0.05, 0.1) is 22.9 Å². The van der Waals surface area contributed by atoms with E-state index in [1.54, 1.807) is 45.0 Å². The van der Waals surface area contributed by atoms with Crippen LogP contribution in [0.1, 0.15) is 33.6 Å². The van der Waals surface area contributed by atoms with Crippen molar-refractivity contribution in [2.75, 3.05) is 18.0 Å². The molecule has 2 N–H and O–H groups in total. The van der Waals surface area contributed by atoms with E-state index in [1.807, 2.05) is 4.90 Å². The summed E-state index contributed by atoms with van der Waals surface area (Å²) in [6.07, 6.45) is 0.425. The van der Waals surface area contributed by atoms with Crippen LogP contribution in [0.15, 0.2) is 36.4 Å². The van der Waals surface area contributed by atoms with E-state index in [9.17, 15) is 15.0 Å². The Labute approximate surface area is 179 Å². The van der Waals surface area contributed by atoms with Gasteiger partial charge in [-0.3, -0.25) is 0 Å². The second-order valence-electron chi connectivity index (χ2n) is 8.84. The number of hydrogen-bond acceptors (Lipinski definition) is 6. The fourth-order valence-electron chi connectivity index (χ4n) is 3.86. The summed E-state index contributed by atoms with van der Waals surface area (Å²) in [5, 5.41) is 20.3. The molecular formula is C23H26FN3O4. The Kier molecular flexibility index (Phi) is 5.35. The molecule has 0 aliphatic carbocycles. The number of piperidine rings is 1. The highest BCUT2D eigenvalue weighted by Gasteiger charge is 2.26. The predicted octanol–water partition coefficient (Wildman–Crippen LogP) is 4.29. The van der Waals surface area contributed by atoms with Gasteiger partial charge in [-0.25, -0.2) is 14.3 Å². The van der Waals surface area contributed by atoms with Gasteiger partial charge in [-0.05, 0) is 70.0 Å². The Bertz CT molecular complexity index is 1140. The van der Waals surface area contributed by atoms with Crippen LogP contribution in [0.5, 0.6) is 5.75 Å². The molecule has 1 saturated heterocycles. The number of benzene rings is 1. The van der Waals surface area contributed by atoms with Crippen molar-refractivity contribution in [3.63, 3.8) is 0 Å². The number of pyridine rings is 1. The maximum absolute atomic E-state index is 15.2. The highest BCUT2D eigenvalue weighted by Crippen LogP contribution is 2.33. The Morgan fingerprint density at radius 1 is 1.23 bits per heavy atom. The number of fused-ring (bicyclic) bond motifs is 1. The lowest BCUT2D eigenvalue weighted by molar-refractivity contribution is 0.0547. The Morgan fingerprint density at radius 3 is 2.68 bits per heavy atom. The second-order valence-corrected chi connectivity index (χ2v) is 8.84. The van der Waals surface area contributed by atoms with Gasteiger partial charge in [0, 0.05) is 18.5 Å². The van der Waals surface area contributed by atoms with Crippen LogP contribution in [0.3, 0.4) is 0 Å². The van der Waals surface area contributed by atoms with E-state index in [2.05, 4.69) is 4.98 Å². The van der Waals surface area contributed by atoms with Gasteiger partial charge in [0.1, 0.15) is 17.2 Å². The fourth-order valence-corrected chi connectivity index (χ4v) is 3.86. The molecule has 0 saturated carbocycles. The minimum atomic E-state index is -0.738. The molecule has 8 heteroatoms. The van der Waals surface area contributed by atoms with Crippen LogP contribution in [0, 0.1) is 5.95 Å². The summed E-state index contributed by atoms with van der Waals surface area (Å²) in [5.74, 6) is -0.245. The van der Waals surface area contributed by atoms with Gasteiger partial charge in [-0.2, -0.15) is 4.39 Å². The monoisotopic (exact) mass is 427 g/mol. The van der Waals surface area contributed by atoms with Gasteiger partial charge < -0.3 is 19.8 Å². The molecule has 0 amide bonds. The van der Waals surface area contributed by atoms with E-state index >= 15 is 4.39 Å². The topological polar surface area (TPSA) is 87.8 Å². The zero-order valence-corrected chi connectivity index (χ0v) is 17.8. The van der Waals surface area contributed by atoms with Crippen LogP contribution < -0.4 is 4.90 Å². The minimum absolute atomic E-state index is 0.0398. The fraction of sp³-hybridized carbons (Fsp3) is 0.391. The molecule has 2 aromatic heterocycles. The molecule has 3 heterocycles. The first kappa shape index (κ1) is 21.1. The Balaban J connectivity index is 1.80. The number of aromatic hydroxyl groups is 1. The SMILES string of the molecule is CC(C)(C)OC(=O)n1c(-c2ccc(N3CCC[C@@H](O)C3)nc2F)cc2cc(O)ccc21. The van der Waals surface area contributed by atoms with Gasteiger partial charge in [0.15, 0.2) is 0 Å². The third kappa shape index (κ3) is 4.34. The zero-order valence-electron chi connectivity index (χ0n) is 17.8. The van der Waals surface area contributed by atoms with Crippen molar-refractivity contribution < 1.29 is 24.1 Å². The summed E-state index contributed by atoms with van der Waals surface area (Å²) in [7, 11) is 0.